The molecule has 0 aliphatic carbocycles. The highest BCUT2D eigenvalue weighted by Crippen LogP contribution is 2.26. The quantitative estimate of drug-likeness (QED) is 0.569. The van der Waals surface area contributed by atoms with Gasteiger partial charge < -0.3 is 10.5 Å². The van der Waals surface area contributed by atoms with Gasteiger partial charge in [0.15, 0.2) is 5.75 Å². The number of amidine groups is 1. The number of hydrogen-bond acceptors (Lipinski definition) is 4. The van der Waals surface area contributed by atoms with Crippen LogP contribution in [0.5, 0.6) is 11.6 Å². The number of nitrogens with zero attached hydrogens (tertiary/aromatic N) is 2. The minimum Gasteiger partial charge on any atom is -0.437 e. The summed E-state index contributed by atoms with van der Waals surface area (Å²) in [6, 6.07) is 12.8. The first-order valence-electron chi connectivity index (χ1n) is 6.49. The van der Waals surface area contributed by atoms with Crippen molar-refractivity contribution >= 4 is 16.7 Å². The number of aromatic nitrogens is 2. The summed E-state index contributed by atoms with van der Waals surface area (Å²) in [4.78, 5) is 8.63. The number of hydrogen-bond donors (Lipinski definition) is 2. The Morgan fingerprint density at radius 2 is 2.00 bits per heavy atom. The summed E-state index contributed by atoms with van der Waals surface area (Å²) >= 11 is 0. The molecule has 0 aliphatic rings. The van der Waals surface area contributed by atoms with Gasteiger partial charge in [0.05, 0.1) is 11.2 Å². The van der Waals surface area contributed by atoms with Crippen LogP contribution < -0.4 is 10.5 Å². The van der Waals surface area contributed by atoms with Crippen LogP contribution in [0.15, 0.2) is 48.7 Å². The van der Waals surface area contributed by atoms with E-state index in [1.54, 1.807) is 18.3 Å². The molecule has 0 spiro atoms. The zero-order valence-electron chi connectivity index (χ0n) is 11.5. The second-order valence-corrected chi connectivity index (χ2v) is 4.63. The van der Waals surface area contributed by atoms with E-state index in [-0.39, 0.29) is 5.84 Å². The van der Waals surface area contributed by atoms with E-state index < -0.39 is 0 Å². The highest BCUT2D eigenvalue weighted by molar-refractivity contribution is 6.06. The number of pyridine rings is 2. The molecule has 0 unspecified atom stereocenters. The second-order valence-electron chi connectivity index (χ2n) is 4.63. The number of nitrogens with one attached hydrogen (secondary N) is 1. The normalized spacial score (nSPS) is 10.5. The van der Waals surface area contributed by atoms with Crippen LogP contribution in [0.3, 0.4) is 0 Å². The number of para-hydroxylation sites is 1. The highest BCUT2D eigenvalue weighted by atomic mass is 16.5. The largest absolute Gasteiger partial charge is 0.437 e. The molecule has 0 fully saturated rings. The first-order valence-corrected chi connectivity index (χ1v) is 6.49. The predicted molar refractivity (Wildman–Crippen MR) is 81.8 cm³/mol. The highest BCUT2D eigenvalue weighted by Gasteiger charge is 2.10. The summed E-state index contributed by atoms with van der Waals surface area (Å²) in [5.41, 5.74) is 7.78. The number of aryl methyl sites for hydroxylation is 1. The lowest BCUT2D eigenvalue weighted by atomic mass is 10.1. The van der Waals surface area contributed by atoms with Gasteiger partial charge in [0.2, 0.25) is 5.88 Å². The third-order valence-corrected chi connectivity index (χ3v) is 3.16. The average molecular weight is 278 g/mol. The SMILES string of the molecule is Cc1ncccc1Oc1cc(C(=N)N)c2ccccc2n1. The number of ether oxygens (including phenoxy) is 1. The molecule has 21 heavy (non-hydrogen) atoms. The maximum Gasteiger partial charge on any atom is 0.220 e. The van der Waals surface area contributed by atoms with Gasteiger partial charge in [-0.1, -0.05) is 18.2 Å². The number of nitrogens with two attached hydrogens (primary N) is 1. The van der Waals surface area contributed by atoms with E-state index in [4.69, 9.17) is 15.9 Å². The van der Waals surface area contributed by atoms with Crippen molar-refractivity contribution in [1.82, 2.24) is 9.97 Å². The van der Waals surface area contributed by atoms with Crippen molar-refractivity contribution in [3.63, 3.8) is 0 Å². The van der Waals surface area contributed by atoms with Crippen LogP contribution >= 0.6 is 0 Å². The molecule has 0 aliphatic heterocycles. The van der Waals surface area contributed by atoms with Gasteiger partial charge in [-0.2, -0.15) is 0 Å². The van der Waals surface area contributed by atoms with Gasteiger partial charge in [0, 0.05) is 23.2 Å². The minimum atomic E-state index is -0.0126. The summed E-state index contributed by atoms with van der Waals surface area (Å²) < 4.78 is 5.78. The molecule has 5 heteroatoms. The van der Waals surface area contributed by atoms with Crippen molar-refractivity contribution in [2.24, 2.45) is 5.73 Å². The van der Waals surface area contributed by atoms with Crippen molar-refractivity contribution in [2.75, 3.05) is 0 Å². The molecule has 0 radical (unpaired) electrons. The Morgan fingerprint density at radius 1 is 1.19 bits per heavy atom. The van der Waals surface area contributed by atoms with Crippen molar-refractivity contribution in [2.45, 2.75) is 6.92 Å². The van der Waals surface area contributed by atoms with Gasteiger partial charge in [-0.3, -0.25) is 10.4 Å². The van der Waals surface area contributed by atoms with Crippen LogP contribution in [0, 0.1) is 12.3 Å². The van der Waals surface area contributed by atoms with E-state index in [1.165, 1.54) is 0 Å². The Kier molecular flexibility index (Phi) is 3.23. The molecule has 3 aromatic rings. The molecule has 0 atom stereocenters. The second kappa shape index (κ2) is 5.20. The Balaban J connectivity index is 2.11. The zero-order valence-corrected chi connectivity index (χ0v) is 11.5. The van der Waals surface area contributed by atoms with E-state index in [2.05, 4.69) is 9.97 Å². The van der Waals surface area contributed by atoms with Gasteiger partial charge in [-0.05, 0) is 25.1 Å². The van der Waals surface area contributed by atoms with E-state index >= 15 is 0 Å². The van der Waals surface area contributed by atoms with Crippen molar-refractivity contribution in [3.8, 4) is 11.6 Å². The molecule has 1 aromatic carbocycles. The third-order valence-electron chi connectivity index (χ3n) is 3.16. The third kappa shape index (κ3) is 2.53. The summed E-state index contributed by atoms with van der Waals surface area (Å²) in [6.45, 7) is 1.86. The zero-order chi connectivity index (χ0) is 14.8. The van der Waals surface area contributed by atoms with Gasteiger partial charge >= 0.3 is 0 Å². The van der Waals surface area contributed by atoms with Gasteiger partial charge in [0.1, 0.15) is 5.84 Å². The molecule has 3 N–H and O–H groups in total. The molecule has 3 rings (SSSR count). The Hall–Kier alpha value is -2.95. The molecule has 0 bridgehead atoms. The van der Waals surface area contributed by atoms with Gasteiger partial charge in [0.25, 0.3) is 0 Å². The van der Waals surface area contributed by atoms with Crippen molar-refractivity contribution in [1.29, 1.82) is 5.41 Å². The molecule has 0 saturated heterocycles. The fourth-order valence-electron chi connectivity index (χ4n) is 2.12. The van der Waals surface area contributed by atoms with Crippen LogP contribution in [0.2, 0.25) is 0 Å². The molecule has 5 nitrogen and oxygen atoms in total. The number of benzene rings is 1. The summed E-state index contributed by atoms with van der Waals surface area (Å²) in [5, 5.41) is 8.55. The van der Waals surface area contributed by atoms with Crippen LogP contribution in [0.1, 0.15) is 11.3 Å². The van der Waals surface area contributed by atoms with Crippen LogP contribution in [-0.4, -0.2) is 15.8 Å². The number of fused-ring (bicyclic) bond motifs is 1. The Bertz CT molecular complexity index is 829. The van der Waals surface area contributed by atoms with E-state index in [9.17, 15) is 0 Å². The Labute approximate surface area is 121 Å². The summed E-state index contributed by atoms with van der Waals surface area (Å²) in [7, 11) is 0. The fraction of sp³-hybridized carbons (Fsp3) is 0.0625. The van der Waals surface area contributed by atoms with Gasteiger partial charge in [-0.15, -0.1) is 0 Å². The predicted octanol–water partition coefficient (Wildman–Crippen LogP) is 3.01. The molecule has 0 amide bonds. The number of rotatable bonds is 3. The van der Waals surface area contributed by atoms with Crippen LogP contribution in [0.25, 0.3) is 10.9 Å². The lowest BCUT2D eigenvalue weighted by molar-refractivity contribution is 0.458. The van der Waals surface area contributed by atoms with E-state index in [1.807, 2.05) is 37.3 Å². The monoisotopic (exact) mass is 278 g/mol. The summed E-state index contributed by atoms with van der Waals surface area (Å²) in [6.07, 6.45) is 1.71. The average Bonchev–Trinajstić information content (AvgIpc) is 2.48. The van der Waals surface area contributed by atoms with Gasteiger partial charge in [-0.25, -0.2) is 4.98 Å². The smallest absolute Gasteiger partial charge is 0.220 e. The molecule has 2 aromatic heterocycles. The molecular formula is C16H14N4O. The van der Waals surface area contributed by atoms with Crippen molar-refractivity contribution in [3.05, 3.63) is 59.9 Å². The molecular weight excluding hydrogens is 264 g/mol. The van der Waals surface area contributed by atoms with Crippen LogP contribution in [-0.2, 0) is 0 Å². The van der Waals surface area contributed by atoms with Crippen molar-refractivity contribution < 1.29 is 4.74 Å². The first kappa shape index (κ1) is 13.1. The minimum absolute atomic E-state index is 0.0126. The maximum atomic E-state index is 7.72. The van der Waals surface area contributed by atoms with E-state index in [0.29, 0.717) is 17.2 Å². The molecule has 104 valence electrons. The number of nitrogen functional groups attached to an aromatic ring is 1. The maximum absolute atomic E-state index is 7.72. The molecule has 0 saturated carbocycles. The standard InChI is InChI=1S/C16H14N4O/c1-10-14(7-4-8-19-10)21-15-9-12(16(17)18)11-5-2-3-6-13(11)20-15/h2-9H,1H3,(H3,17,18). The summed E-state index contributed by atoms with van der Waals surface area (Å²) in [5.74, 6) is 1.02. The van der Waals surface area contributed by atoms with Crippen LogP contribution in [0.4, 0.5) is 0 Å². The lowest BCUT2D eigenvalue weighted by Crippen LogP contribution is -2.12. The lowest BCUT2D eigenvalue weighted by Gasteiger charge is -2.10. The fourth-order valence-corrected chi connectivity index (χ4v) is 2.12. The Morgan fingerprint density at radius 3 is 2.76 bits per heavy atom. The molecule has 2 heterocycles. The topological polar surface area (TPSA) is 84.9 Å². The van der Waals surface area contributed by atoms with E-state index in [0.717, 1.165) is 16.6 Å². The first-order chi connectivity index (χ1) is 10.1.